The molecule has 40 heavy (non-hydrogen) atoms. The second kappa shape index (κ2) is 12.6. The van der Waals surface area contributed by atoms with Crippen molar-refractivity contribution in [2.45, 2.75) is 19.3 Å². The van der Waals surface area contributed by atoms with Crippen LogP contribution in [-0.4, -0.2) is 57.5 Å². The molecule has 2 amide bonds. The fraction of sp³-hybridized carbons (Fsp3) is 0.258. The summed E-state index contributed by atoms with van der Waals surface area (Å²) in [4.78, 5) is 41.1. The summed E-state index contributed by atoms with van der Waals surface area (Å²) in [6, 6.07) is 18.8. The number of hydrogen-bond donors (Lipinski definition) is 2. The fourth-order valence-electron chi connectivity index (χ4n) is 4.47. The van der Waals surface area contributed by atoms with Crippen LogP contribution in [0.1, 0.15) is 29.5 Å². The molecule has 0 spiro atoms. The summed E-state index contributed by atoms with van der Waals surface area (Å²) in [5.41, 5.74) is 4.77. The first kappa shape index (κ1) is 28.5. The van der Waals surface area contributed by atoms with Gasteiger partial charge in [0.1, 0.15) is 5.82 Å². The van der Waals surface area contributed by atoms with Gasteiger partial charge in [-0.05, 0) is 80.7 Å². The van der Waals surface area contributed by atoms with Crippen molar-refractivity contribution in [3.8, 4) is 0 Å². The third kappa shape index (κ3) is 6.73. The van der Waals surface area contributed by atoms with Gasteiger partial charge in [0, 0.05) is 30.4 Å². The highest BCUT2D eigenvalue weighted by atomic mass is 19.1. The Labute approximate surface area is 233 Å². The van der Waals surface area contributed by atoms with Crippen LogP contribution in [-0.2, 0) is 25.5 Å². The zero-order valence-electron chi connectivity index (χ0n) is 23.1. The maximum Gasteiger partial charge on any atom is 0.309 e. The molecule has 2 N–H and O–H groups in total. The zero-order chi connectivity index (χ0) is 28.8. The minimum absolute atomic E-state index is 0.0314. The van der Waals surface area contributed by atoms with Gasteiger partial charge in [0.15, 0.2) is 0 Å². The van der Waals surface area contributed by atoms with Crippen molar-refractivity contribution >= 4 is 46.1 Å². The smallest absolute Gasteiger partial charge is 0.309 e. The minimum atomic E-state index is -0.446. The van der Waals surface area contributed by atoms with E-state index in [1.807, 2.05) is 55.4 Å². The highest BCUT2D eigenvalue weighted by Gasteiger charge is 2.29. The van der Waals surface area contributed by atoms with Gasteiger partial charge in [-0.3, -0.25) is 14.4 Å². The number of esters is 1. The van der Waals surface area contributed by atoms with Crippen LogP contribution >= 0.6 is 0 Å². The van der Waals surface area contributed by atoms with Crippen LogP contribution in [0.5, 0.6) is 0 Å². The quantitative estimate of drug-likeness (QED) is 0.282. The molecule has 0 saturated heterocycles. The zero-order valence-corrected chi connectivity index (χ0v) is 23.1. The van der Waals surface area contributed by atoms with Gasteiger partial charge in [0.25, 0.3) is 5.91 Å². The van der Waals surface area contributed by atoms with Gasteiger partial charge in [-0.2, -0.15) is 0 Å². The normalized spacial score (nSPS) is 13.5. The number of carbonyl (C=O) groups is 3. The summed E-state index contributed by atoms with van der Waals surface area (Å²) in [5, 5.41) is 6.11. The maximum atomic E-state index is 13.9. The van der Waals surface area contributed by atoms with E-state index in [1.54, 1.807) is 30.1 Å². The third-order valence-corrected chi connectivity index (χ3v) is 6.69. The molecule has 0 atom stereocenters. The van der Waals surface area contributed by atoms with Gasteiger partial charge in [-0.15, -0.1) is 0 Å². The van der Waals surface area contributed by atoms with Gasteiger partial charge in [0.2, 0.25) is 5.91 Å². The molecule has 0 aromatic heterocycles. The molecule has 0 bridgehead atoms. The van der Waals surface area contributed by atoms with E-state index < -0.39 is 5.82 Å². The van der Waals surface area contributed by atoms with Gasteiger partial charge < -0.3 is 25.2 Å². The lowest BCUT2D eigenvalue weighted by molar-refractivity contribution is -0.139. The molecule has 9 heteroatoms. The molecule has 1 aliphatic rings. The first-order valence-corrected chi connectivity index (χ1v) is 13.0. The predicted octanol–water partition coefficient (Wildman–Crippen LogP) is 4.78. The topological polar surface area (TPSA) is 91.0 Å². The Morgan fingerprint density at radius 1 is 0.975 bits per heavy atom. The summed E-state index contributed by atoms with van der Waals surface area (Å²) < 4.78 is 18.6. The standard InChI is InChI=1S/C31H33FN4O4/c1-35(2)17-5-6-27(37)36(3)24-14-12-23(13-15-24)33-30(21-9-7-20(8-10-21)18-28(38)40-4)29-25-16-11-22(32)19-26(25)34-31(29)39/h7-16,19,33H,5-6,17-18H2,1-4H3,(H,34,39)/b30-29-. The molecule has 1 aliphatic heterocycles. The van der Waals surface area contributed by atoms with Crippen molar-refractivity contribution in [3.63, 3.8) is 0 Å². The van der Waals surface area contributed by atoms with Gasteiger partial charge in [0.05, 0.1) is 30.5 Å². The van der Waals surface area contributed by atoms with Crippen molar-refractivity contribution in [1.82, 2.24) is 4.90 Å². The Kier molecular flexibility index (Phi) is 8.96. The number of benzene rings is 3. The molecular formula is C31H33FN4O4. The molecule has 1 heterocycles. The molecule has 0 saturated carbocycles. The average Bonchev–Trinajstić information content (AvgIpc) is 3.26. The van der Waals surface area contributed by atoms with Crippen LogP contribution in [0.25, 0.3) is 11.3 Å². The molecule has 8 nitrogen and oxygen atoms in total. The number of nitrogens with zero attached hydrogens (tertiary/aromatic N) is 2. The first-order valence-electron chi connectivity index (χ1n) is 13.0. The van der Waals surface area contributed by atoms with Gasteiger partial charge in [-0.1, -0.05) is 24.3 Å². The number of anilines is 3. The van der Waals surface area contributed by atoms with Crippen molar-refractivity contribution in [2.24, 2.45) is 0 Å². The summed E-state index contributed by atoms with van der Waals surface area (Å²) in [6.45, 7) is 0.840. The summed E-state index contributed by atoms with van der Waals surface area (Å²) >= 11 is 0. The van der Waals surface area contributed by atoms with Crippen LogP contribution in [0.2, 0.25) is 0 Å². The van der Waals surface area contributed by atoms with E-state index >= 15 is 0 Å². The number of ether oxygens (including phenoxy) is 1. The lowest BCUT2D eigenvalue weighted by Crippen LogP contribution is -2.27. The van der Waals surface area contributed by atoms with Crippen molar-refractivity contribution < 1.29 is 23.5 Å². The van der Waals surface area contributed by atoms with Crippen molar-refractivity contribution in [3.05, 3.63) is 89.2 Å². The van der Waals surface area contributed by atoms with E-state index in [9.17, 15) is 18.8 Å². The number of methoxy groups -OCH3 is 1. The number of fused-ring (bicyclic) bond motifs is 1. The van der Waals surface area contributed by atoms with Crippen LogP contribution in [0.3, 0.4) is 0 Å². The van der Waals surface area contributed by atoms with Crippen LogP contribution in [0, 0.1) is 5.82 Å². The molecule has 0 fully saturated rings. The SMILES string of the molecule is COC(=O)Cc1ccc(/C(Nc2ccc(N(C)C(=O)CCCN(C)C)cc2)=C2/C(=O)Nc3cc(F)ccc32)cc1. The minimum Gasteiger partial charge on any atom is -0.469 e. The Bertz CT molecular complexity index is 1430. The van der Waals surface area contributed by atoms with E-state index in [0.29, 0.717) is 40.2 Å². The highest BCUT2D eigenvalue weighted by molar-refractivity contribution is 6.37. The molecule has 3 aromatic rings. The van der Waals surface area contributed by atoms with E-state index in [4.69, 9.17) is 4.74 Å². The molecule has 208 valence electrons. The largest absolute Gasteiger partial charge is 0.469 e. The average molecular weight is 545 g/mol. The Morgan fingerprint density at radius 2 is 1.68 bits per heavy atom. The number of halogens is 1. The molecular weight excluding hydrogens is 511 g/mol. The molecule has 0 radical (unpaired) electrons. The lowest BCUT2D eigenvalue weighted by atomic mass is 9.98. The summed E-state index contributed by atoms with van der Waals surface area (Å²) in [6.07, 6.45) is 1.35. The van der Waals surface area contributed by atoms with Crippen LogP contribution < -0.4 is 15.5 Å². The van der Waals surface area contributed by atoms with Crippen LogP contribution in [0.15, 0.2) is 66.7 Å². The van der Waals surface area contributed by atoms with Crippen LogP contribution in [0.4, 0.5) is 21.5 Å². The maximum absolute atomic E-state index is 13.9. The summed E-state index contributed by atoms with van der Waals surface area (Å²) in [5.74, 6) is -1.12. The second-order valence-electron chi connectivity index (χ2n) is 9.88. The third-order valence-electron chi connectivity index (χ3n) is 6.69. The Balaban J connectivity index is 1.64. The first-order chi connectivity index (χ1) is 19.2. The number of nitrogens with one attached hydrogen (secondary N) is 2. The lowest BCUT2D eigenvalue weighted by Gasteiger charge is -2.19. The predicted molar refractivity (Wildman–Crippen MR) is 155 cm³/mol. The van der Waals surface area contributed by atoms with E-state index in [0.717, 1.165) is 24.2 Å². The second-order valence-corrected chi connectivity index (χ2v) is 9.88. The summed E-state index contributed by atoms with van der Waals surface area (Å²) in [7, 11) is 7.05. The highest BCUT2D eigenvalue weighted by Crippen LogP contribution is 2.38. The molecule has 3 aromatic carbocycles. The van der Waals surface area contributed by atoms with E-state index in [-0.39, 0.29) is 24.2 Å². The van der Waals surface area contributed by atoms with E-state index in [1.165, 1.54) is 19.2 Å². The Hall–Kier alpha value is -4.50. The van der Waals surface area contributed by atoms with Crippen molar-refractivity contribution in [1.29, 1.82) is 0 Å². The van der Waals surface area contributed by atoms with Crippen molar-refractivity contribution in [2.75, 3.05) is 50.3 Å². The van der Waals surface area contributed by atoms with Gasteiger partial charge >= 0.3 is 5.97 Å². The molecule has 4 rings (SSSR count). The number of amides is 2. The van der Waals surface area contributed by atoms with E-state index in [2.05, 4.69) is 10.6 Å². The fourth-order valence-corrected chi connectivity index (χ4v) is 4.47. The number of rotatable bonds is 10. The Morgan fingerprint density at radius 3 is 2.33 bits per heavy atom. The monoisotopic (exact) mass is 544 g/mol. The molecule has 0 aliphatic carbocycles. The van der Waals surface area contributed by atoms with Gasteiger partial charge in [-0.25, -0.2) is 4.39 Å². The number of hydrogen-bond acceptors (Lipinski definition) is 6. The number of carbonyl (C=O) groups excluding carboxylic acids is 3. The molecule has 0 unspecified atom stereocenters.